The SMILES string of the molecule is C/C(=N\n1c(N)cc(N)c(C#N)c1=O)c1cc2c(ccc3ccccc32)oc1=O. The van der Waals surface area contributed by atoms with Crippen LogP contribution in [-0.4, -0.2) is 10.4 Å². The molecular weight excluding hydrogens is 370 g/mol. The topological polar surface area (TPSA) is 140 Å². The van der Waals surface area contributed by atoms with E-state index in [0.717, 1.165) is 20.8 Å². The third-order valence-corrected chi connectivity index (χ3v) is 4.64. The normalized spacial score (nSPS) is 11.7. The molecule has 0 bridgehead atoms. The first-order valence-corrected chi connectivity index (χ1v) is 8.63. The summed E-state index contributed by atoms with van der Waals surface area (Å²) in [5, 5.41) is 15.9. The van der Waals surface area contributed by atoms with Gasteiger partial charge < -0.3 is 15.9 Å². The lowest BCUT2D eigenvalue weighted by Gasteiger charge is -2.08. The molecule has 8 nitrogen and oxygen atoms in total. The Balaban J connectivity index is 1.97. The van der Waals surface area contributed by atoms with E-state index in [4.69, 9.17) is 21.1 Å². The number of aromatic nitrogens is 1. The maximum Gasteiger partial charge on any atom is 0.345 e. The molecule has 4 aromatic rings. The Hall–Kier alpha value is -4.38. The summed E-state index contributed by atoms with van der Waals surface area (Å²) in [6.07, 6.45) is 0. The second kappa shape index (κ2) is 6.65. The largest absolute Gasteiger partial charge is 0.422 e. The number of fused-ring (bicyclic) bond motifs is 3. The number of hydrogen-bond donors (Lipinski definition) is 2. The first-order chi connectivity index (χ1) is 13.9. The zero-order valence-electron chi connectivity index (χ0n) is 15.3. The molecular formula is C21H15N5O3. The van der Waals surface area contributed by atoms with Gasteiger partial charge in [-0.15, -0.1) is 0 Å². The summed E-state index contributed by atoms with van der Waals surface area (Å²) in [7, 11) is 0. The summed E-state index contributed by atoms with van der Waals surface area (Å²) in [5.41, 5.74) is 10.7. The van der Waals surface area contributed by atoms with Gasteiger partial charge in [0.25, 0.3) is 5.56 Å². The van der Waals surface area contributed by atoms with Crippen LogP contribution in [0, 0.1) is 11.3 Å². The van der Waals surface area contributed by atoms with Crippen molar-refractivity contribution < 1.29 is 4.42 Å². The number of nitrogens with zero attached hydrogens (tertiary/aromatic N) is 3. The number of hydrogen-bond acceptors (Lipinski definition) is 7. The monoisotopic (exact) mass is 385 g/mol. The van der Waals surface area contributed by atoms with Crippen LogP contribution in [0.25, 0.3) is 21.7 Å². The van der Waals surface area contributed by atoms with E-state index in [2.05, 4.69) is 5.10 Å². The molecule has 4 rings (SSSR count). The van der Waals surface area contributed by atoms with Gasteiger partial charge in [0.05, 0.1) is 17.0 Å². The van der Waals surface area contributed by atoms with E-state index in [1.54, 1.807) is 25.1 Å². The lowest BCUT2D eigenvalue weighted by Crippen LogP contribution is -2.25. The highest BCUT2D eigenvalue weighted by atomic mass is 16.4. The van der Waals surface area contributed by atoms with E-state index in [1.165, 1.54) is 6.07 Å². The summed E-state index contributed by atoms with van der Waals surface area (Å²) in [5.74, 6) is -0.0542. The molecule has 0 saturated carbocycles. The van der Waals surface area contributed by atoms with Crippen LogP contribution in [0.15, 0.2) is 67.6 Å². The van der Waals surface area contributed by atoms with Crippen molar-refractivity contribution in [2.45, 2.75) is 6.92 Å². The molecule has 0 amide bonds. The Bertz CT molecular complexity index is 1490. The highest BCUT2D eigenvalue weighted by molar-refractivity contribution is 6.08. The third kappa shape index (κ3) is 2.91. The average molecular weight is 385 g/mol. The van der Waals surface area contributed by atoms with Crippen molar-refractivity contribution in [3.8, 4) is 6.07 Å². The van der Waals surface area contributed by atoms with Gasteiger partial charge >= 0.3 is 5.63 Å². The van der Waals surface area contributed by atoms with E-state index >= 15 is 0 Å². The van der Waals surface area contributed by atoms with Crippen LogP contribution in [-0.2, 0) is 0 Å². The average Bonchev–Trinajstić information content (AvgIpc) is 2.70. The summed E-state index contributed by atoms with van der Waals surface area (Å²) in [6.45, 7) is 1.55. The zero-order chi connectivity index (χ0) is 20.7. The smallest absolute Gasteiger partial charge is 0.345 e. The molecule has 8 heteroatoms. The minimum atomic E-state index is -0.764. The molecule has 0 unspecified atom stereocenters. The minimum absolute atomic E-state index is 0.0317. The van der Waals surface area contributed by atoms with Gasteiger partial charge in [-0.05, 0) is 29.8 Å². The van der Waals surface area contributed by atoms with E-state index in [1.807, 2.05) is 30.3 Å². The minimum Gasteiger partial charge on any atom is -0.422 e. The van der Waals surface area contributed by atoms with Crippen molar-refractivity contribution in [3.63, 3.8) is 0 Å². The number of nitrogen functional groups attached to an aromatic ring is 2. The van der Waals surface area contributed by atoms with Crippen molar-refractivity contribution >= 4 is 39.0 Å². The Morgan fingerprint density at radius 2 is 1.86 bits per heavy atom. The van der Waals surface area contributed by atoms with E-state index in [9.17, 15) is 9.59 Å². The van der Waals surface area contributed by atoms with Crippen LogP contribution in [0.5, 0.6) is 0 Å². The molecule has 0 aliphatic carbocycles. The number of nitriles is 1. The maximum atomic E-state index is 12.5. The molecule has 142 valence electrons. The summed E-state index contributed by atoms with van der Waals surface area (Å²) < 4.78 is 6.30. The lowest BCUT2D eigenvalue weighted by molar-refractivity contribution is 0.559. The van der Waals surface area contributed by atoms with Crippen LogP contribution >= 0.6 is 0 Å². The first-order valence-electron chi connectivity index (χ1n) is 8.63. The van der Waals surface area contributed by atoms with Crippen LogP contribution in [0.3, 0.4) is 0 Å². The third-order valence-electron chi connectivity index (χ3n) is 4.64. The van der Waals surface area contributed by atoms with Gasteiger partial charge in [-0.1, -0.05) is 30.3 Å². The van der Waals surface area contributed by atoms with Crippen molar-refractivity contribution in [2.75, 3.05) is 11.5 Å². The van der Waals surface area contributed by atoms with Gasteiger partial charge in [-0.25, -0.2) is 4.79 Å². The molecule has 0 aliphatic rings. The first kappa shape index (κ1) is 18.0. The molecule has 0 spiro atoms. The molecule has 0 atom stereocenters. The van der Waals surface area contributed by atoms with Gasteiger partial charge in [-0.2, -0.15) is 15.0 Å². The molecule has 2 aromatic carbocycles. The fourth-order valence-electron chi connectivity index (χ4n) is 3.18. The molecule has 0 saturated heterocycles. The molecule has 29 heavy (non-hydrogen) atoms. The van der Waals surface area contributed by atoms with Crippen molar-refractivity contribution in [3.05, 3.63) is 80.4 Å². The quantitative estimate of drug-likeness (QED) is 0.308. The number of nitrogens with two attached hydrogens (primary N) is 2. The van der Waals surface area contributed by atoms with Crippen LogP contribution < -0.4 is 22.7 Å². The molecule has 0 aliphatic heterocycles. The van der Waals surface area contributed by atoms with Crippen molar-refractivity contribution in [1.82, 2.24) is 4.68 Å². The summed E-state index contributed by atoms with van der Waals surface area (Å²) >= 11 is 0. The van der Waals surface area contributed by atoms with E-state index in [0.29, 0.717) is 5.58 Å². The molecule has 0 fully saturated rings. The molecule has 4 N–H and O–H groups in total. The van der Waals surface area contributed by atoms with Gasteiger partial charge in [0.2, 0.25) is 0 Å². The highest BCUT2D eigenvalue weighted by Gasteiger charge is 2.14. The zero-order valence-corrected chi connectivity index (χ0v) is 15.3. The van der Waals surface area contributed by atoms with Crippen LogP contribution in [0.4, 0.5) is 11.5 Å². The molecule has 0 radical (unpaired) electrons. The number of pyridine rings is 1. The highest BCUT2D eigenvalue weighted by Crippen LogP contribution is 2.25. The standard InChI is InChI=1S/C21H15N5O3/c1-11(25-26-19(24)9-17(23)16(10-22)20(26)27)14-8-15-13-5-3-2-4-12(13)6-7-18(15)29-21(14)28/h2-9H,23-24H2,1H3/b25-11+. The van der Waals surface area contributed by atoms with E-state index < -0.39 is 11.2 Å². The van der Waals surface area contributed by atoms with Crippen LogP contribution in [0.2, 0.25) is 0 Å². The number of rotatable bonds is 2. The Morgan fingerprint density at radius 1 is 1.10 bits per heavy atom. The summed E-state index contributed by atoms with van der Waals surface area (Å²) in [6, 6.07) is 16.0. The van der Waals surface area contributed by atoms with Gasteiger partial charge in [0.15, 0.2) is 0 Å². The van der Waals surface area contributed by atoms with E-state index in [-0.39, 0.29) is 28.3 Å². The number of anilines is 2. The second-order valence-electron chi connectivity index (χ2n) is 6.46. The fourth-order valence-corrected chi connectivity index (χ4v) is 3.18. The van der Waals surface area contributed by atoms with Crippen LogP contribution in [0.1, 0.15) is 18.1 Å². The van der Waals surface area contributed by atoms with Crippen molar-refractivity contribution in [1.29, 1.82) is 5.26 Å². The predicted molar refractivity (Wildman–Crippen MR) is 112 cm³/mol. The maximum absolute atomic E-state index is 12.5. The Labute approximate surface area is 163 Å². The second-order valence-corrected chi connectivity index (χ2v) is 6.46. The van der Waals surface area contributed by atoms with Crippen molar-refractivity contribution in [2.24, 2.45) is 5.10 Å². The predicted octanol–water partition coefficient (Wildman–Crippen LogP) is 2.42. The summed E-state index contributed by atoms with van der Waals surface area (Å²) in [4.78, 5) is 25.0. The molecule has 2 heterocycles. The van der Waals surface area contributed by atoms with Gasteiger partial charge in [-0.3, -0.25) is 4.79 Å². The Kier molecular flexibility index (Phi) is 4.13. The fraction of sp³-hybridized carbons (Fsp3) is 0.0476. The lowest BCUT2D eigenvalue weighted by atomic mass is 10.0. The Morgan fingerprint density at radius 3 is 2.62 bits per heavy atom. The number of benzene rings is 2. The molecule has 2 aromatic heterocycles. The van der Waals surface area contributed by atoms with Gasteiger partial charge in [0.1, 0.15) is 23.0 Å². The van der Waals surface area contributed by atoms with Gasteiger partial charge in [0, 0.05) is 11.5 Å².